The van der Waals surface area contributed by atoms with Crippen molar-refractivity contribution in [2.24, 2.45) is 0 Å². The SMILES string of the molecule is CCN(CCn1cncc1C1CCCC(C)N1)C1CC1. The first-order valence-electron chi connectivity index (χ1n) is 8.28. The molecular weight excluding hydrogens is 248 g/mol. The summed E-state index contributed by atoms with van der Waals surface area (Å²) >= 11 is 0. The van der Waals surface area contributed by atoms with E-state index in [0.717, 1.165) is 19.1 Å². The Balaban J connectivity index is 1.60. The second-order valence-electron chi connectivity index (χ2n) is 6.42. The highest BCUT2D eigenvalue weighted by molar-refractivity contribution is 5.07. The molecule has 3 rings (SSSR count). The molecule has 1 saturated carbocycles. The Morgan fingerprint density at radius 3 is 2.90 bits per heavy atom. The van der Waals surface area contributed by atoms with E-state index in [4.69, 9.17) is 0 Å². The maximum Gasteiger partial charge on any atom is 0.0949 e. The third kappa shape index (κ3) is 3.23. The van der Waals surface area contributed by atoms with Gasteiger partial charge in [-0.05, 0) is 45.6 Å². The summed E-state index contributed by atoms with van der Waals surface area (Å²) in [5.41, 5.74) is 1.38. The van der Waals surface area contributed by atoms with Crippen LogP contribution in [0.4, 0.5) is 0 Å². The van der Waals surface area contributed by atoms with E-state index in [1.807, 2.05) is 6.33 Å². The van der Waals surface area contributed by atoms with E-state index >= 15 is 0 Å². The van der Waals surface area contributed by atoms with Crippen LogP contribution >= 0.6 is 0 Å². The van der Waals surface area contributed by atoms with Crippen molar-refractivity contribution < 1.29 is 0 Å². The molecule has 1 aromatic heterocycles. The summed E-state index contributed by atoms with van der Waals surface area (Å²) in [4.78, 5) is 7.00. The van der Waals surface area contributed by atoms with Crippen LogP contribution in [-0.2, 0) is 6.54 Å². The Bertz CT molecular complexity index is 424. The number of rotatable bonds is 6. The van der Waals surface area contributed by atoms with Gasteiger partial charge in [0.25, 0.3) is 0 Å². The van der Waals surface area contributed by atoms with Gasteiger partial charge < -0.3 is 9.88 Å². The minimum atomic E-state index is 0.497. The molecule has 0 radical (unpaired) electrons. The quantitative estimate of drug-likeness (QED) is 0.867. The van der Waals surface area contributed by atoms with Gasteiger partial charge in [0.05, 0.1) is 12.0 Å². The summed E-state index contributed by atoms with van der Waals surface area (Å²) in [6, 6.07) is 1.99. The van der Waals surface area contributed by atoms with Crippen LogP contribution in [0.5, 0.6) is 0 Å². The van der Waals surface area contributed by atoms with Crippen LogP contribution in [0.1, 0.15) is 57.7 Å². The van der Waals surface area contributed by atoms with Gasteiger partial charge in [-0.25, -0.2) is 4.98 Å². The number of nitrogens with one attached hydrogen (secondary N) is 1. The van der Waals surface area contributed by atoms with E-state index in [9.17, 15) is 0 Å². The van der Waals surface area contributed by atoms with E-state index < -0.39 is 0 Å². The lowest BCUT2D eigenvalue weighted by Gasteiger charge is -2.30. The largest absolute Gasteiger partial charge is 0.332 e. The van der Waals surface area contributed by atoms with E-state index in [0.29, 0.717) is 12.1 Å². The maximum absolute atomic E-state index is 4.39. The first kappa shape index (κ1) is 14.1. The lowest BCUT2D eigenvalue weighted by molar-refractivity contribution is 0.261. The van der Waals surface area contributed by atoms with Gasteiger partial charge in [-0.15, -0.1) is 0 Å². The number of piperidine rings is 1. The van der Waals surface area contributed by atoms with Crippen LogP contribution in [0, 0.1) is 0 Å². The predicted molar refractivity (Wildman–Crippen MR) is 81.7 cm³/mol. The molecule has 1 aliphatic carbocycles. The van der Waals surface area contributed by atoms with Crippen molar-refractivity contribution in [2.75, 3.05) is 13.1 Å². The van der Waals surface area contributed by atoms with Crippen molar-refractivity contribution in [3.8, 4) is 0 Å². The van der Waals surface area contributed by atoms with E-state index in [-0.39, 0.29) is 0 Å². The molecule has 112 valence electrons. The number of aromatic nitrogens is 2. The predicted octanol–water partition coefficient (Wildman–Crippen LogP) is 2.57. The normalized spacial score (nSPS) is 27.1. The Kier molecular flexibility index (Phi) is 4.41. The molecule has 2 aliphatic rings. The fourth-order valence-electron chi connectivity index (χ4n) is 3.45. The lowest BCUT2D eigenvalue weighted by atomic mass is 9.97. The monoisotopic (exact) mass is 276 g/mol. The Labute approximate surface area is 122 Å². The molecule has 2 fully saturated rings. The second-order valence-corrected chi connectivity index (χ2v) is 6.42. The van der Waals surface area contributed by atoms with Crippen LogP contribution in [0.15, 0.2) is 12.5 Å². The summed E-state index contributed by atoms with van der Waals surface area (Å²) in [5.74, 6) is 0. The van der Waals surface area contributed by atoms with Gasteiger partial charge in [0, 0.05) is 37.4 Å². The molecular formula is C16H28N4. The average Bonchev–Trinajstić information content (AvgIpc) is 3.17. The van der Waals surface area contributed by atoms with Crippen molar-refractivity contribution in [1.82, 2.24) is 19.8 Å². The van der Waals surface area contributed by atoms with E-state index in [2.05, 4.69) is 39.8 Å². The Hall–Kier alpha value is -0.870. The third-order valence-electron chi connectivity index (χ3n) is 4.81. The fourth-order valence-corrected chi connectivity index (χ4v) is 3.45. The highest BCUT2D eigenvalue weighted by Gasteiger charge is 2.28. The zero-order chi connectivity index (χ0) is 13.9. The van der Waals surface area contributed by atoms with Crippen LogP contribution in [0.25, 0.3) is 0 Å². The Morgan fingerprint density at radius 1 is 1.35 bits per heavy atom. The second kappa shape index (κ2) is 6.27. The molecule has 20 heavy (non-hydrogen) atoms. The van der Waals surface area contributed by atoms with Crippen LogP contribution in [0.3, 0.4) is 0 Å². The molecule has 0 amide bonds. The molecule has 2 unspecified atom stereocenters. The third-order valence-corrected chi connectivity index (χ3v) is 4.81. The average molecular weight is 276 g/mol. The smallest absolute Gasteiger partial charge is 0.0949 e. The molecule has 2 atom stereocenters. The van der Waals surface area contributed by atoms with E-state index in [1.54, 1.807) is 0 Å². The fraction of sp³-hybridized carbons (Fsp3) is 0.812. The zero-order valence-electron chi connectivity index (χ0n) is 12.9. The highest BCUT2D eigenvalue weighted by Crippen LogP contribution is 2.27. The van der Waals surface area contributed by atoms with Gasteiger partial charge >= 0.3 is 0 Å². The molecule has 1 N–H and O–H groups in total. The number of likely N-dealkylation sites (N-methyl/N-ethyl adjacent to an activating group) is 1. The maximum atomic E-state index is 4.39. The molecule has 4 nitrogen and oxygen atoms in total. The van der Waals surface area contributed by atoms with Gasteiger partial charge in [0.1, 0.15) is 0 Å². The van der Waals surface area contributed by atoms with Gasteiger partial charge in [-0.2, -0.15) is 0 Å². The first-order chi connectivity index (χ1) is 9.78. The molecule has 0 spiro atoms. The van der Waals surface area contributed by atoms with Gasteiger partial charge in [0.15, 0.2) is 0 Å². The number of hydrogen-bond donors (Lipinski definition) is 1. The van der Waals surface area contributed by atoms with Crippen LogP contribution < -0.4 is 5.32 Å². The summed E-state index contributed by atoms with van der Waals surface area (Å²) in [7, 11) is 0. The Morgan fingerprint density at radius 2 is 2.20 bits per heavy atom. The molecule has 4 heteroatoms. The highest BCUT2D eigenvalue weighted by atomic mass is 15.2. The van der Waals surface area contributed by atoms with Crippen molar-refractivity contribution in [3.05, 3.63) is 18.2 Å². The molecule has 1 aliphatic heterocycles. The van der Waals surface area contributed by atoms with Crippen molar-refractivity contribution in [1.29, 1.82) is 0 Å². The van der Waals surface area contributed by atoms with E-state index in [1.165, 1.54) is 44.3 Å². The summed E-state index contributed by atoms with van der Waals surface area (Å²) in [6.45, 7) is 7.97. The summed E-state index contributed by atoms with van der Waals surface area (Å²) < 4.78 is 2.36. The van der Waals surface area contributed by atoms with Gasteiger partial charge in [0.2, 0.25) is 0 Å². The molecule has 1 aromatic rings. The van der Waals surface area contributed by atoms with Gasteiger partial charge in [-0.3, -0.25) is 4.90 Å². The molecule has 0 bridgehead atoms. The topological polar surface area (TPSA) is 33.1 Å². The molecule has 0 aromatic carbocycles. The number of hydrogen-bond acceptors (Lipinski definition) is 3. The number of imidazole rings is 1. The number of nitrogens with zero attached hydrogens (tertiary/aromatic N) is 3. The van der Waals surface area contributed by atoms with Crippen LogP contribution in [0.2, 0.25) is 0 Å². The molecule has 1 saturated heterocycles. The first-order valence-corrected chi connectivity index (χ1v) is 8.28. The summed E-state index contributed by atoms with van der Waals surface area (Å²) in [6.07, 6.45) is 10.7. The summed E-state index contributed by atoms with van der Waals surface area (Å²) in [5, 5.41) is 3.72. The standard InChI is InChI=1S/C16H28N4/c1-3-19(14-7-8-14)9-10-20-12-17-11-16(20)15-6-4-5-13(2)18-15/h11-15,18H,3-10H2,1-2H3. The molecule has 2 heterocycles. The van der Waals surface area contributed by atoms with Crippen molar-refractivity contribution >= 4 is 0 Å². The van der Waals surface area contributed by atoms with Crippen LogP contribution in [-0.4, -0.2) is 39.6 Å². The minimum Gasteiger partial charge on any atom is -0.332 e. The lowest BCUT2D eigenvalue weighted by Crippen LogP contribution is -2.36. The zero-order valence-corrected chi connectivity index (χ0v) is 12.9. The van der Waals surface area contributed by atoms with Crippen molar-refractivity contribution in [2.45, 2.75) is 70.6 Å². The van der Waals surface area contributed by atoms with Gasteiger partial charge in [-0.1, -0.05) is 6.92 Å². The minimum absolute atomic E-state index is 0.497. The van der Waals surface area contributed by atoms with Crippen molar-refractivity contribution in [3.63, 3.8) is 0 Å².